The molecule has 0 aliphatic carbocycles. The second-order valence-corrected chi connectivity index (χ2v) is 5.61. The van der Waals surface area contributed by atoms with E-state index in [2.05, 4.69) is 79.1 Å². The molecule has 1 atom stereocenters. The van der Waals surface area contributed by atoms with Crippen LogP contribution in [0.4, 0.5) is 5.69 Å². The van der Waals surface area contributed by atoms with Gasteiger partial charge < -0.3 is 10.6 Å². The molecule has 0 spiro atoms. The van der Waals surface area contributed by atoms with Crippen LogP contribution < -0.4 is 10.6 Å². The molecule has 0 amide bonds. The quantitative estimate of drug-likeness (QED) is 0.766. The van der Waals surface area contributed by atoms with Crippen molar-refractivity contribution >= 4 is 5.69 Å². The molecule has 2 aromatic carbocycles. The monoisotopic (exact) mass is 282 g/mol. The van der Waals surface area contributed by atoms with Gasteiger partial charge in [-0.25, -0.2) is 0 Å². The lowest BCUT2D eigenvalue weighted by Crippen LogP contribution is -2.25. The first-order valence-corrected chi connectivity index (χ1v) is 7.86. The number of hydrogen-bond donors (Lipinski definition) is 2. The molecule has 0 saturated carbocycles. The summed E-state index contributed by atoms with van der Waals surface area (Å²) in [7, 11) is 0. The molecule has 2 aromatic rings. The third-order valence-electron chi connectivity index (χ3n) is 3.64. The zero-order valence-corrected chi connectivity index (χ0v) is 13.1. The van der Waals surface area contributed by atoms with E-state index >= 15 is 0 Å². The Morgan fingerprint density at radius 3 is 2.38 bits per heavy atom. The van der Waals surface area contributed by atoms with Crippen LogP contribution in [0.15, 0.2) is 54.6 Å². The molecule has 0 heterocycles. The number of rotatable bonds is 8. The van der Waals surface area contributed by atoms with Crippen LogP contribution in [-0.2, 0) is 6.42 Å². The van der Waals surface area contributed by atoms with E-state index in [0.29, 0.717) is 5.92 Å². The number of benzene rings is 2. The predicted molar refractivity (Wildman–Crippen MR) is 91.9 cm³/mol. The topological polar surface area (TPSA) is 24.1 Å². The van der Waals surface area contributed by atoms with Crippen molar-refractivity contribution in [2.24, 2.45) is 5.92 Å². The van der Waals surface area contributed by atoms with Gasteiger partial charge in [-0.15, -0.1) is 0 Å². The number of hydrogen-bond acceptors (Lipinski definition) is 2. The summed E-state index contributed by atoms with van der Waals surface area (Å²) in [6, 6.07) is 19.2. The summed E-state index contributed by atoms with van der Waals surface area (Å²) >= 11 is 0. The minimum atomic E-state index is 0.620. The Balaban J connectivity index is 1.97. The van der Waals surface area contributed by atoms with Crippen LogP contribution >= 0.6 is 0 Å². The minimum Gasteiger partial charge on any atom is -0.384 e. The van der Waals surface area contributed by atoms with Gasteiger partial charge in [-0.1, -0.05) is 62.4 Å². The molecule has 112 valence electrons. The van der Waals surface area contributed by atoms with Crippen LogP contribution in [0, 0.1) is 5.92 Å². The maximum Gasteiger partial charge on any atom is 0.0376 e. The summed E-state index contributed by atoms with van der Waals surface area (Å²) < 4.78 is 0. The Morgan fingerprint density at radius 1 is 0.905 bits per heavy atom. The number of nitrogens with one attached hydrogen (secondary N) is 2. The van der Waals surface area contributed by atoms with Gasteiger partial charge in [0.05, 0.1) is 0 Å². The Labute approximate surface area is 128 Å². The summed E-state index contributed by atoms with van der Waals surface area (Å²) in [4.78, 5) is 0. The van der Waals surface area contributed by atoms with Crippen LogP contribution in [0.2, 0.25) is 0 Å². The van der Waals surface area contributed by atoms with Crippen molar-refractivity contribution in [2.45, 2.75) is 20.3 Å². The summed E-state index contributed by atoms with van der Waals surface area (Å²) in [5, 5.41) is 7.00. The molecule has 0 saturated heterocycles. The average Bonchev–Trinajstić information content (AvgIpc) is 2.53. The highest BCUT2D eigenvalue weighted by Crippen LogP contribution is 2.19. The highest BCUT2D eigenvalue weighted by Gasteiger charge is 2.05. The van der Waals surface area contributed by atoms with Crippen LogP contribution in [-0.4, -0.2) is 19.6 Å². The van der Waals surface area contributed by atoms with Gasteiger partial charge in [0.15, 0.2) is 0 Å². The molecule has 2 rings (SSSR count). The van der Waals surface area contributed by atoms with Crippen molar-refractivity contribution in [2.75, 3.05) is 25.0 Å². The van der Waals surface area contributed by atoms with Gasteiger partial charge in [0.2, 0.25) is 0 Å². The van der Waals surface area contributed by atoms with E-state index in [1.54, 1.807) is 0 Å². The lowest BCUT2D eigenvalue weighted by Gasteiger charge is -2.16. The number of anilines is 1. The van der Waals surface area contributed by atoms with Crippen molar-refractivity contribution in [1.29, 1.82) is 0 Å². The molecule has 0 radical (unpaired) electrons. The fraction of sp³-hybridized carbons (Fsp3) is 0.368. The highest BCUT2D eigenvalue weighted by atomic mass is 14.9. The van der Waals surface area contributed by atoms with Gasteiger partial charge >= 0.3 is 0 Å². The molecular weight excluding hydrogens is 256 g/mol. The molecule has 21 heavy (non-hydrogen) atoms. The standard InChI is InChI=1S/C19H26N2/c1-3-20-14-16(2)15-21-19-12-8-7-11-18(19)13-17-9-5-4-6-10-17/h4-12,16,20-21H,3,13-15H2,1-2H3. The van der Waals surface area contributed by atoms with Gasteiger partial charge in [-0.05, 0) is 42.6 Å². The van der Waals surface area contributed by atoms with Gasteiger partial charge in [-0.2, -0.15) is 0 Å². The molecule has 2 heteroatoms. The fourth-order valence-corrected chi connectivity index (χ4v) is 2.41. The van der Waals surface area contributed by atoms with Crippen molar-refractivity contribution in [3.63, 3.8) is 0 Å². The highest BCUT2D eigenvalue weighted by molar-refractivity contribution is 5.52. The zero-order chi connectivity index (χ0) is 14.9. The molecule has 2 nitrogen and oxygen atoms in total. The van der Waals surface area contributed by atoms with Gasteiger partial charge in [0.1, 0.15) is 0 Å². The second kappa shape index (κ2) is 8.48. The van der Waals surface area contributed by atoms with Crippen molar-refractivity contribution in [3.8, 4) is 0 Å². The van der Waals surface area contributed by atoms with E-state index in [1.807, 2.05) is 0 Å². The zero-order valence-electron chi connectivity index (χ0n) is 13.1. The molecule has 0 aromatic heterocycles. The van der Waals surface area contributed by atoms with Crippen molar-refractivity contribution in [1.82, 2.24) is 5.32 Å². The second-order valence-electron chi connectivity index (χ2n) is 5.61. The molecule has 0 aliphatic heterocycles. The summed E-state index contributed by atoms with van der Waals surface area (Å²) in [6.07, 6.45) is 0.978. The van der Waals surface area contributed by atoms with Gasteiger partial charge in [0, 0.05) is 12.2 Å². The Morgan fingerprint density at radius 2 is 1.62 bits per heavy atom. The van der Waals surface area contributed by atoms with E-state index in [-0.39, 0.29) is 0 Å². The van der Waals surface area contributed by atoms with E-state index in [4.69, 9.17) is 0 Å². The first-order chi connectivity index (χ1) is 10.3. The van der Waals surface area contributed by atoms with Crippen molar-refractivity contribution in [3.05, 3.63) is 65.7 Å². The Hall–Kier alpha value is -1.80. The van der Waals surface area contributed by atoms with Gasteiger partial charge in [0.25, 0.3) is 0 Å². The van der Waals surface area contributed by atoms with E-state index in [0.717, 1.165) is 26.1 Å². The SMILES string of the molecule is CCNCC(C)CNc1ccccc1Cc1ccccc1. The van der Waals surface area contributed by atoms with Crippen LogP contribution in [0.25, 0.3) is 0 Å². The minimum absolute atomic E-state index is 0.620. The molecule has 2 N–H and O–H groups in total. The average molecular weight is 282 g/mol. The molecule has 0 aliphatic rings. The maximum absolute atomic E-state index is 3.60. The summed E-state index contributed by atoms with van der Waals surface area (Å²) in [5.74, 6) is 0.620. The third-order valence-corrected chi connectivity index (χ3v) is 3.64. The van der Waals surface area contributed by atoms with E-state index in [9.17, 15) is 0 Å². The molecule has 0 bridgehead atoms. The fourth-order valence-electron chi connectivity index (χ4n) is 2.41. The van der Waals surface area contributed by atoms with E-state index in [1.165, 1.54) is 16.8 Å². The lowest BCUT2D eigenvalue weighted by molar-refractivity contribution is 0.545. The van der Waals surface area contributed by atoms with Crippen LogP contribution in [0.5, 0.6) is 0 Å². The number of para-hydroxylation sites is 1. The van der Waals surface area contributed by atoms with Gasteiger partial charge in [-0.3, -0.25) is 0 Å². The van der Waals surface area contributed by atoms with Crippen LogP contribution in [0.1, 0.15) is 25.0 Å². The largest absolute Gasteiger partial charge is 0.384 e. The summed E-state index contributed by atoms with van der Waals surface area (Å²) in [5.41, 5.74) is 3.97. The van der Waals surface area contributed by atoms with E-state index < -0.39 is 0 Å². The normalized spacial score (nSPS) is 12.1. The Kier molecular flexibility index (Phi) is 6.29. The molecule has 0 fully saturated rings. The third kappa shape index (κ3) is 5.24. The molecular formula is C19H26N2. The first-order valence-electron chi connectivity index (χ1n) is 7.86. The van der Waals surface area contributed by atoms with Crippen LogP contribution in [0.3, 0.4) is 0 Å². The molecule has 1 unspecified atom stereocenters. The Bertz CT molecular complexity index is 522. The lowest BCUT2D eigenvalue weighted by atomic mass is 10.0. The van der Waals surface area contributed by atoms with Crippen molar-refractivity contribution < 1.29 is 0 Å². The summed E-state index contributed by atoms with van der Waals surface area (Å²) in [6.45, 7) is 7.52. The predicted octanol–water partition coefficient (Wildman–Crippen LogP) is 3.93. The smallest absolute Gasteiger partial charge is 0.0376 e. The first kappa shape index (κ1) is 15.6. The maximum atomic E-state index is 3.60.